The summed E-state index contributed by atoms with van der Waals surface area (Å²) in [6, 6.07) is 12.6. The molecule has 134 valence electrons. The monoisotopic (exact) mass is 376 g/mol. The Balaban J connectivity index is 1.76. The first-order valence-corrected chi connectivity index (χ1v) is 9.58. The van der Waals surface area contributed by atoms with Crippen LogP contribution in [-0.4, -0.2) is 18.0 Å². The van der Waals surface area contributed by atoms with E-state index in [0.717, 1.165) is 21.6 Å². The van der Waals surface area contributed by atoms with Crippen LogP contribution < -0.4 is 0 Å². The van der Waals surface area contributed by atoms with E-state index in [1.807, 2.05) is 12.1 Å². The Morgan fingerprint density at radius 1 is 0.963 bits per heavy atom. The summed E-state index contributed by atoms with van der Waals surface area (Å²) in [5.41, 5.74) is 4.37. The van der Waals surface area contributed by atoms with Crippen molar-refractivity contribution in [2.24, 2.45) is 0 Å². The van der Waals surface area contributed by atoms with Gasteiger partial charge in [-0.1, -0.05) is 36.4 Å². The van der Waals surface area contributed by atoms with E-state index in [1.54, 1.807) is 17.4 Å². The second-order valence-electron chi connectivity index (χ2n) is 6.76. The van der Waals surface area contributed by atoms with Crippen LogP contribution in [0, 0.1) is 0 Å². The van der Waals surface area contributed by atoms with E-state index in [-0.39, 0.29) is 0 Å². The second kappa shape index (κ2) is 5.79. The van der Waals surface area contributed by atoms with Gasteiger partial charge in [-0.25, -0.2) is 0 Å². The first-order chi connectivity index (χ1) is 13.0. The van der Waals surface area contributed by atoms with Gasteiger partial charge in [0.25, 0.3) is 0 Å². The van der Waals surface area contributed by atoms with Gasteiger partial charge >= 0.3 is 11.9 Å². The van der Waals surface area contributed by atoms with Gasteiger partial charge < -0.3 is 9.47 Å². The van der Waals surface area contributed by atoms with Crippen molar-refractivity contribution in [2.45, 2.75) is 26.1 Å². The van der Waals surface area contributed by atoms with Gasteiger partial charge in [-0.2, -0.15) is 0 Å². The molecule has 0 spiro atoms. The van der Waals surface area contributed by atoms with Gasteiger partial charge in [-0.05, 0) is 28.5 Å². The maximum absolute atomic E-state index is 11.8. The first-order valence-electron chi connectivity index (χ1n) is 8.76. The van der Waals surface area contributed by atoms with E-state index in [0.29, 0.717) is 0 Å². The molecule has 4 nitrogen and oxygen atoms in total. The third-order valence-corrected chi connectivity index (χ3v) is 6.21. The molecule has 5 rings (SSSR count). The van der Waals surface area contributed by atoms with Crippen LogP contribution in [0.25, 0.3) is 38.4 Å². The SMILES string of the molecule is CC(=O)O[C@H]1C=Cc2sc3c(c2[C@@H]1OC(C)=O)-c1cccc2cccc-3c12. The quantitative estimate of drug-likeness (QED) is 0.456. The number of thiophene rings is 1. The summed E-state index contributed by atoms with van der Waals surface area (Å²) in [7, 11) is 0. The van der Waals surface area contributed by atoms with E-state index < -0.39 is 24.1 Å². The van der Waals surface area contributed by atoms with Crippen LogP contribution in [0.1, 0.15) is 30.4 Å². The van der Waals surface area contributed by atoms with Crippen LogP contribution in [0.15, 0.2) is 42.5 Å². The zero-order valence-corrected chi connectivity index (χ0v) is 15.6. The molecule has 2 aromatic carbocycles. The molecule has 0 amide bonds. The minimum Gasteiger partial charge on any atom is -0.454 e. The number of rotatable bonds is 2. The van der Waals surface area contributed by atoms with Crippen LogP contribution in [0.5, 0.6) is 0 Å². The van der Waals surface area contributed by atoms with E-state index in [2.05, 4.69) is 30.3 Å². The van der Waals surface area contributed by atoms with E-state index in [9.17, 15) is 9.59 Å². The Bertz CT molecular complexity index is 1150. The highest BCUT2D eigenvalue weighted by Gasteiger charge is 2.39. The standard InChI is InChI=1S/C22H16O4S/c1-11(23)25-16-9-10-17-20(21(16)26-12(2)24)19-14-7-3-5-13-6-4-8-15(18(13)14)22(19)27-17/h3-10,16,21H,1-2H3/t16-,21+/m0/s1. The number of fused-ring (bicyclic) bond motifs is 5. The average Bonchev–Trinajstić information content (AvgIpc) is 3.14. The van der Waals surface area contributed by atoms with Crippen molar-refractivity contribution in [3.8, 4) is 21.6 Å². The normalized spacial score (nSPS) is 18.9. The third-order valence-electron chi connectivity index (χ3n) is 5.01. The molecule has 0 fully saturated rings. The van der Waals surface area contributed by atoms with E-state index in [4.69, 9.17) is 9.47 Å². The van der Waals surface area contributed by atoms with Gasteiger partial charge in [0.2, 0.25) is 0 Å². The van der Waals surface area contributed by atoms with Gasteiger partial charge in [-0.15, -0.1) is 11.3 Å². The van der Waals surface area contributed by atoms with Crippen molar-refractivity contribution in [3.05, 3.63) is 52.9 Å². The fourth-order valence-electron chi connectivity index (χ4n) is 4.11. The lowest BCUT2D eigenvalue weighted by Gasteiger charge is -2.28. The lowest BCUT2D eigenvalue weighted by atomic mass is 9.92. The van der Waals surface area contributed by atoms with Crippen LogP contribution in [-0.2, 0) is 19.1 Å². The summed E-state index contributed by atoms with van der Waals surface area (Å²) in [5.74, 6) is -0.797. The summed E-state index contributed by atoms with van der Waals surface area (Å²) in [6.45, 7) is 2.74. The molecule has 1 aromatic heterocycles. The van der Waals surface area contributed by atoms with Gasteiger partial charge in [0.15, 0.2) is 12.2 Å². The average molecular weight is 376 g/mol. The van der Waals surface area contributed by atoms with Crippen molar-refractivity contribution < 1.29 is 19.1 Å². The van der Waals surface area contributed by atoms with Crippen LogP contribution in [0.2, 0.25) is 0 Å². The Hall–Kier alpha value is -2.92. The zero-order chi connectivity index (χ0) is 18.7. The van der Waals surface area contributed by atoms with Crippen molar-refractivity contribution in [2.75, 3.05) is 0 Å². The van der Waals surface area contributed by atoms with Crippen molar-refractivity contribution in [3.63, 3.8) is 0 Å². The van der Waals surface area contributed by atoms with Gasteiger partial charge in [0, 0.05) is 40.3 Å². The summed E-state index contributed by atoms with van der Waals surface area (Å²) in [6.07, 6.45) is 2.50. The number of carbonyl (C=O) groups excluding carboxylic acids is 2. The lowest BCUT2D eigenvalue weighted by Crippen LogP contribution is -2.28. The molecule has 0 unspecified atom stereocenters. The van der Waals surface area contributed by atoms with Gasteiger partial charge in [0.05, 0.1) is 0 Å². The topological polar surface area (TPSA) is 52.6 Å². The highest BCUT2D eigenvalue weighted by atomic mass is 32.1. The Labute approximate surface area is 160 Å². The molecule has 0 bridgehead atoms. The predicted molar refractivity (Wildman–Crippen MR) is 105 cm³/mol. The van der Waals surface area contributed by atoms with Crippen molar-refractivity contribution in [1.82, 2.24) is 0 Å². The molecule has 5 heteroatoms. The second-order valence-corrected chi connectivity index (χ2v) is 7.81. The smallest absolute Gasteiger partial charge is 0.303 e. The molecule has 2 atom stereocenters. The summed E-state index contributed by atoms with van der Waals surface area (Å²) in [4.78, 5) is 25.6. The summed E-state index contributed by atoms with van der Waals surface area (Å²) >= 11 is 1.69. The number of carbonyl (C=O) groups is 2. The highest BCUT2D eigenvalue weighted by Crippen LogP contribution is 2.56. The minimum atomic E-state index is -0.643. The molecule has 0 aliphatic heterocycles. The predicted octanol–water partition coefficient (Wildman–Crippen LogP) is 5.11. The molecule has 0 saturated heterocycles. The molecular weight excluding hydrogens is 360 g/mol. The maximum Gasteiger partial charge on any atom is 0.303 e. The molecule has 0 N–H and O–H groups in total. The molecule has 0 saturated carbocycles. The number of hydrogen-bond donors (Lipinski definition) is 0. The number of ether oxygens (including phenoxy) is 2. The van der Waals surface area contributed by atoms with Crippen molar-refractivity contribution in [1.29, 1.82) is 0 Å². The first kappa shape index (κ1) is 16.3. The molecular formula is C22H16O4S. The Morgan fingerprint density at radius 2 is 1.67 bits per heavy atom. The van der Waals surface area contributed by atoms with Crippen LogP contribution in [0.3, 0.4) is 0 Å². The molecule has 1 heterocycles. The minimum absolute atomic E-state index is 0.396. The largest absolute Gasteiger partial charge is 0.454 e. The van der Waals surface area contributed by atoms with Gasteiger partial charge in [-0.3, -0.25) is 9.59 Å². The maximum atomic E-state index is 11.8. The highest BCUT2D eigenvalue weighted by molar-refractivity contribution is 7.17. The fourth-order valence-corrected chi connectivity index (χ4v) is 5.40. The van der Waals surface area contributed by atoms with E-state index in [1.165, 1.54) is 35.1 Å². The fraction of sp³-hybridized carbons (Fsp3) is 0.182. The van der Waals surface area contributed by atoms with Gasteiger partial charge in [0.1, 0.15) is 0 Å². The Kier molecular flexibility index (Phi) is 3.49. The van der Waals surface area contributed by atoms with Crippen LogP contribution >= 0.6 is 11.3 Å². The molecule has 0 radical (unpaired) electrons. The number of hydrogen-bond acceptors (Lipinski definition) is 5. The lowest BCUT2D eigenvalue weighted by molar-refractivity contribution is -0.162. The molecule has 27 heavy (non-hydrogen) atoms. The molecule has 2 aliphatic rings. The van der Waals surface area contributed by atoms with E-state index >= 15 is 0 Å². The summed E-state index contributed by atoms with van der Waals surface area (Å²) < 4.78 is 11.1. The Morgan fingerprint density at radius 3 is 2.37 bits per heavy atom. The number of esters is 2. The number of benzene rings is 2. The van der Waals surface area contributed by atoms with Crippen LogP contribution in [0.4, 0.5) is 0 Å². The zero-order valence-electron chi connectivity index (χ0n) is 14.8. The third kappa shape index (κ3) is 2.35. The molecule has 2 aliphatic carbocycles. The molecule has 3 aromatic rings. The summed E-state index contributed by atoms with van der Waals surface area (Å²) in [5, 5.41) is 2.42. The van der Waals surface area contributed by atoms with Crippen molar-refractivity contribution >= 4 is 40.1 Å².